The Labute approximate surface area is 124 Å². The van der Waals surface area contributed by atoms with E-state index in [1.807, 2.05) is 0 Å². The minimum Gasteiger partial charge on any atom is -0.493 e. The standard InChI is InChI=1S/C15H21NO5/c1-15(2,3)12(14(18)19)16-13(17)9-6-7-10(20-4)11(8-9)21-5/h6-8,12H,1-5H3,(H,16,17)(H,18,19)/t12-/m0/s1. The van der Waals surface area contributed by atoms with Gasteiger partial charge in [0.1, 0.15) is 6.04 Å². The molecular formula is C15H21NO5. The van der Waals surface area contributed by atoms with Crippen LogP contribution in [0.2, 0.25) is 0 Å². The maximum atomic E-state index is 12.2. The van der Waals surface area contributed by atoms with E-state index in [4.69, 9.17) is 9.47 Å². The monoisotopic (exact) mass is 295 g/mol. The fraction of sp³-hybridized carbons (Fsp3) is 0.467. The van der Waals surface area contributed by atoms with Crippen LogP contribution in [0.5, 0.6) is 11.5 Å². The maximum absolute atomic E-state index is 12.2. The second-order valence-electron chi connectivity index (χ2n) is 5.68. The van der Waals surface area contributed by atoms with Crippen molar-refractivity contribution in [3.63, 3.8) is 0 Å². The summed E-state index contributed by atoms with van der Waals surface area (Å²) in [4.78, 5) is 23.5. The number of nitrogens with one attached hydrogen (secondary N) is 1. The van der Waals surface area contributed by atoms with Gasteiger partial charge in [0.05, 0.1) is 14.2 Å². The number of carboxylic acids is 1. The van der Waals surface area contributed by atoms with E-state index in [9.17, 15) is 14.7 Å². The minimum absolute atomic E-state index is 0.308. The largest absolute Gasteiger partial charge is 0.493 e. The van der Waals surface area contributed by atoms with Crippen LogP contribution in [0.15, 0.2) is 18.2 Å². The molecule has 0 aromatic heterocycles. The van der Waals surface area contributed by atoms with Crippen molar-refractivity contribution in [1.29, 1.82) is 0 Å². The van der Waals surface area contributed by atoms with E-state index in [2.05, 4.69) is 5.32 Å². The zero-order chi connectivity index (χ0) is 16.2. The number of hydrogen-bond acceptors (Lipinski definition) is 4. The molecule has 0 aliphatic heterocycles. The van der Waals surface area contributed by atoms with Crippen LogP contribution in [-0.2, 0) is 4.79 Å². The molecular weight excluding hydrogens is 274 g/mol. The van der Waals surface area contributed by atoms with E-state index in [0.29, 0.717) is 17.1 Å². The predicted molar refractivity (Wildman–Crippen MR) is 77.9 cm³/mol. The Kier molecular flexibility index (Phi) is 5.18. The molecule has 1 aromatic carbocycles. The number of amides is 1. The van der Waals surface area contributed by atoms with E-state index in [-0.39, 0.29) is 0 Å². The number of carbonyl (C=O) groups is 2. The van der Waals surface area contributed by atoms with Crippen LogP contribution in [0.3, 0.4) is 0 Å². The molecule has 21 heavy (non-hydrogen) atoms. The molecule has 2 N–H and O–H groups in total. The summed E-state index contributed by atoms with van der Waals surface area (Å²) in [7, 11) is 2.96. The smallest absolute Gasteiger partial charge is 0.326 e. The molecule has 0 aliphatic carbocycles. The molecule has 0 radical (unpaired) electrons. The summed E-state index contributed by atoms with van der Waals surface area (Å²) in [5, 5.41) is 11.8. The molecule has 6 heteroatoms. The molecule has 0 saturated carbocycles. The molecule has 0 spiro atoms. The van der Waals surface area contributed by atoms with E-state index in [1.54, 1.807) is 32.9 Å². The first-order valence-corrected chi connectivity index (χ1v) is 6.46. The van der Waals surface area contributed by atoms with Crippen molar-refractivity contribution >= 4 is 11.9 Å². The molecule has 0 heterocycles. The molecule has 0 saturated heterocycles. The quantitative estimate of drug-likeness (QED) is 0.867. The molecule has 6 nitrogen and oxygen atoms in total. The number of benzene rings is 1. The van der Waals surface area contributed by atoms with Gasteiger partial charge in [0, 0.05) is 5.56 Å². The zero-order valence-corrected chi connectivity index (χ0v) is 12.9. The van der Waals surface area contributed by atoms with Gasteiger partial charge in [-0.15, -0.1) is 0 Å². The highest BCUT2D eigenvalue weighted by Crippen LogP contribution is 2.28. The molecule has 1 aromatic rings. The molecule has 0 aliphatic rings. The lowest BCUT2D eigenvalue weighted by Gasteiger charge is -2.27. The van der Waals surface area contributed by atoms with Gasteiger partial charge in [-0.1, -0.05) is 20.8 Å². The van der Waals surface area contributed by atoms with Crippen molar-refractivity contribution in [3.05, 3.63) is 23.8 Å². The average molecular weight is 295 g/mol. The maximum Gasteiger partial charge on any atom is 0.326 e. The number of carbonyl (C=O) groups excluding carboxylic acids is 1. The third-order valence-electron chi connectivity index (χ3n) is 3.03. The van der Waals surface area contributed by atoms with Crippen LogP contribution < -0.4 is 14.8 Å². The van der Waals surface area contributed by atoms with Gasteiger partial charge in [-0.3, -0.25) is 4.79 Å². The number of rotatable bonds is 5. The Hall–Kier alpha value is -2.24. The number of carboxylic acid groups (broad SMARTS) is 1. The molecule has 0 bridgehead atoms. The average Bonchev–Trinajstić information content (AvgIpc) is 2.41. The highest BCUT2D eigenvalue weighted by Gasteiger charge is 2.32. The van der Waals surface area contributed by atoms with Gasteiger partial charge in [-0.05, 0) is 23.6 Å². The topological polar surface area (TPSA) is 84.9 Å². The van der Waals surface area contributed by atoms with Crippen molar-refractivity contribution in [2.75, 3.05) is 14.2 Å². The first kappa shape index (κ1) is 16.8. The Balaban J connectivity index is 3.01. The molecule has 0 fully saturated rings. The molecule has 1 rings (SSSR count). The predicted octanol–water partition coefficient (Wildman–Crippen LogP) is 1.93. The molecule has 0 unspecified atom stereocenters. The Morgan fingerprint density at radius 1 is 1.14 bits per heavy atom. The van der Waals surface area contributed by atoms with Gasteiger partial charge in [0.2, 0.25) is 0 Å². The lowest BCUT2D eigenvalue weighted by molar-refractivity contribution is -0.142. The number of hydrogen-bond donors (Lipinski definition) is 2. The Bertz CT molecular complexity index is 533. The van der Waals surface area contributed by atoms with Gasteiger partial charge in [0.25, 0.3) is 5.91 Å². The first-order valence-electron chi connectivity index (χ1n) is 6.46. The van der Waals surface area contributed by atoms with E-state index in [1.165, 1.54) is 20.3 Å². The van der Waals surface area contributed by atoms with Crippen LogP contribution in [0.4, 0.5) is 0 Å². The summed E-state index contributed by atoms with van der Waals surface area (Å²) in [5.41, 5.74) is -0.291. The van der Waals surface area contributed by atoms with E-state index in [0.717, 1.165) is 0 Å². The normalized spacial score (nSPS) is 12.4. The fourth-order valence-electron chi connectivity index (χ4n) is 1.84. The van der Waals surface area contributed by atoms with Crippen LogP contribution in [0.1, 0.15) is 31.1 Å². The van der Waals surface area contributed by atoms with Crippen LogP contribution >= 0.6 is 0 Å². The molecule has 1 atom stereocenters. The molecule has 1 amide bonds. The SMILES string of the molecule is COc1ccc(C(=O)N[C@@H](C(=O)O)C(C)(C)C)cc1OC. The third-order valence-corrected chi connectivity index (χ3v) is 3.03. The van der Waals surface area contributed by atoms with Crippen molar-refractivity contribution < 1.29 is 24.2 Å². The van der Waals surface area contributed by atoms with Crippen molar-refractivity contribution in [3.8, 4) is 11.5 Å². The second kappa shape index (κ2) is 6.47. The van der Waals surface area contributed by atoms with Crippen molar-refractivity contribution in [2.24, 2.45) is 5.41 Å². The second-order valence-corrected chi connectivity index (χ2v) is 5.68. The van der Waals surface area contributed by atoms with Gasteiger partial charge in [0.15, 0.2) is 11.5 Å². The fourth-order valence-corrected chi connectivity index (χ4v) is 1.84. The Morgan fingerprint density at radius 2 is 1.71 bits per heavy atom. The van der Waals surface area contributed by atoms with Gasteiger partial charge in [-0.2, -0.15) is 0 Å². The lowest BCUT2D eigenvalue weighted by atomic mass is 9.86. The minimum atomic E-state index is -1.07. The van der Waals surface area contributed by atoms with Gasteiger partial charge in [-0.25, -0.2) is 4.79 Å². The number of aliphatic carboxylic acids is 1. The number of ether oxygens (including phenoxy) is 2. The molecule has 116 valence electrons. The van der Waals surface area contributed by atoms with Crippen molar-refractivity contribution in [1.82, 2.24) is 5.32 Å². The van der Waals surface area contributed by atoms with Gasteiger partial charge >= 0.3 is 5.97 Å². The van der Waals surface area contributed by atoms with E-state index >= 15 is 0 Å². The summed E-state index contributed by atoms with van der Waals surface area (Å²) in [5.74, 6) is -0.637. The van der Waals surface area contributed by atoms with E-state index < -0.39 is 23.3 Å². The summed E-state index contributed by atoms with van der Waals surface area (Å²) in [6.45, 7) is 5.25. The van der Waals surface area contributed by atoms with Crippen LogP contribution in [-0.4, -0.2) is 37.2 Å². The third kappa shape index (κ3) is 4.11. The highest BCUT2D eigenvalue weighted by atomic mass is 16.5. The zero-order valence-electron chi connectivity index (χ0n) is 12.9. The summed E-state index contributed by atoms with van der Waals surface area (Å²) in [6.07, 6.45) is 0. The first-order chi connectivity index (χ1) is 9.70. The van der Waals surface area contributed by atoms with Crippen LogP contribution in [0, 0.1) is 5.41 Å². The summed E-state index contributed by atoms with van der Waals surface area (Å²) in [6, 6.07) is 3.67. The van der Waals surface area contributed by atoms with Crippen molar-refractivity contribution in [2.45, 2.75) is 26.8 Å². The highest BCUT2D eigenvalue weighted by molar-refractivity contribution is 5.97. The summed E-state index contributed by atoms with van der Waals surface area (Å²) >= 11 is 0. The lowest BCUT2D eigenvalue weighted by Crippen LogP contribution is -2.49. The van der Waals surface area contributed by atoms with Gasteiger partial charge < -0.3 is 19.9 Å². The summed E-state index contributed by atoms with van der Waals surface area (Å²) < 4.78 is 10.2. The number of methoxy groups -OCH3 is 2. The Morgan fingerprint density at radius 3 is 2.14 bits per heavy atom. The van der Waals surface area contributed by atoms with Crippen LogP contribution in [0.25, 0.3) is 0 Å².